The highest BCUT2D eigenvalue weighted by atomic mass is 19.4. The Hall–Kier alpha value is -1.89. The lowest BCUT2D eigenvalue weighted by Gasteiger charge is -2.07. The fraction of sp³-hybridized carbons (Fsp3) is 0.182. The van der Waals surface area contributed by atoms with Crippen molar-refractivity contribution >= 4 is 0 Å². The van der Waals surface area contributed by atoms with Crippen LogP contribution >= 0.6 is 0 Å². The van der Waals surface area contributed by atoms with Crippen LogP contribution in [-0.2, 0) is 12.8 Å². The molecular formula is C11H8F4N2O. The van der Waals surface area contributed by atoms with Crippen LogP contribution in [0.5, 0.6) is 0 Å². The Morgan fingerprint density at radius 1 is 1.28 bits per heavy atom. The summed E-state index contributed by atoms with van der Waals surface area (Å²) in [5.41, 5.74) is -0.787. The molecule has 0 aliphatic rings. The number of rotatable bonds is 2. The predicted octanol–water partition coefficient (Wildman–Crippen LogP) is 2.73. The molecule has 1 aromatic carbocycles. The number of aliphatic hydroxyl groups excluding tert-OH is 1. The number of alkyl halides is 3. The van der Waals surface area contributed by atoms with E-state index in [2.05, 4.69) is 9.97 Å². The SMILES string of the molecule is OCc1cnc(-c2ccc(C(F)(F)F)cc2F)[nH]1. The van der Waals surface area contributed by atoms with Crippen LogP contribution in [0, 0.1) is 5.82 Å². The van der Waals surface area contributed by atoms with E-state index in [0.717, 1.165) is 12.1 Å². The lowest BCUT2D eigenvalue weighted by atomic mass is 10.1. The van der Waals surface area contributed by atoms with Crippen LogP contribution in [0.25, 0.3) is 11.4 Å². The summed E-state index contributed by atoms with van der Waals surface area (Å²) in [5, 5.41) is 8.80. The van der Waals surface area contributed by atoms with Gasteiger partial charge in [0.1, 0.15) is 11.6 Å². The molecule has 0 saturated carbocycles. The van der Waals surface area contributed by atoms with Crippen molar-refractivity contribution in [3.05, 3.63) is 41.5 Å². The predicted molar refractivity (Wildman–Crippen MR) is 54.9 cm³/mol. The molecule has 18 heavy (non-hydrogen) atoms. The monoisotopic (exact) mass is 260 g/mol. The number of aromatic amines is 1. The molecule has 0 aliphatic carbocycles. The van der Waals surface area contributed by atoms with Gasteiger partial charge < -0.3 is 10.1 Å². The van der Waals surface area contributed by atoms with Gasteiger partial charge in [-0.25, -0.2) is 9.37 Å². The lowest BCUT2D eigenvalue weighted by molar-refractivity contribution is -0.137. The number of aliphatic hydroxyl groups is 1. The number of nitrogens with one attached hydrogen (secondary N) is 1. The molecule has 0 aliphatic heterocycles. The highest BCUT2D eigenvalue weighted by molar-refractivity contribution is 5.57. The van der Waals surface area contributed by atoms with E-state index in [9.17, 15) is 17.6 Å². The van der Waals surface area contributed by atoms with Crippen LogP contribution in [0.1, 0.15) is 11.3 Å². The van der Waals surface area contributed by atoms with Gasteiger partial charge in [-0.05, 0) is 18.2 Å². The van der Waals surface area contributed by atoms with Crippen LogP contribution in [0.3, 0.4) is 0 Å². The van der Waals surface area contributed by atoms with Gasteiger partial charge in [0, 0.05) is 0 Å². The third kappa shape index (κ3) is 2.35. The first kappa shape index (κ1) is 12.6. The van der Waals surface area contributed by atoms with Crippen molar-refractivity contribution in [1.82, 2.24) is 9.97 Å². The molecule has 2 aromatic rings. The smallest absolute Gasteiger partial charge is 0.390 e. The van der Waals surface area contributed by atoms with Gasteiger partial charge in [-0.2, -0.15) is 13.2 Å². The molecule has 0 unspecified atom stereocenters. The van der Waals surface area contributed by atoms with Gasteiger partial charge in [-0.3, -0.25) is 0 Å². The van der Waals surface area contributed by atoms with Crippen molar-refractivity contribution < 1.29 is 22.7 Å². The van der Waals surface area contributed by atoms with E-state index in [1.54, 1.807) is 0 Å². The maximum atomic E-state index is 13.6. The van der Waals surface area contributed by atoms with Crippen LogP contribution in [0.2, 0.25) is 0 Å². The van der Waals surface area contributed by atoms with E-state index < -0.39 is 17.6 Å². The standard InChI is InChI=1S/C11H8F4N2O/c12-9-3-6(11(13,14)15)1-2-8(9)10-16-4-7(5-18)17-10/h1-4,18H,5H2,(H,16,17). The van der Waals surface area contributed by atoms with Crippen molar-refractivity contribution in [3.8, 4) is 11.4 Å². The van der Waals surface area contributed by atoms with Gasteiger partial charge >= 0.3 is 6.18 Å². The minimum Gasteiger partial charge on any atom is -0.390 e. The fourth-order valence-electron chi connectivity index (χ4n) is 1.46. The number of hydrogen-bond acceptors (Lipinski definition) is 2. The molecule has 0 atom stereocenters. The maximum absolute atomic E-state index is 13.6. The first-order valence-corrected chi connectivity index (χ1v) is 4.93. The largest absolute Gasteiger partial charge is 0.416 e. The zero-order valence-corrected chi connectivity index (χ0v) is 8.92. The van der Waals surface area contributed by atoms with E-state index in [1.807, 2.05) is 0 Å². The Labute approximate surface area is 99.1 Å². The fourth-order valence-corrected chi connectivity index (χ4v) is 1.46. The number of aromatic nitrogens is 2. The summed E-state index contributed by atoms with van der Waals surface area (Å²) in [7, 11) is 0. The molecule has 2 N–H and O–H groups in total. The zero-order valence-electron chi connectivity index (χ0n) is 8.92. The van der Waals surface area contributed by atoms with Crippen molar-refractivity contribution in [2.24, 2.45) is 0 Å². The van der Waals surface area contributed by atoms with Crippen LogP contribution in [-0.4, -0.2) is 15.1 Å². The number of hydrogen-bond donors (Lipinski definition) is 2. The van der Waals surface area contributed by atoms with Crippen molar-refractivity contribution in [2.45, 2.75) is 12.8 Å². The minimum absolute atomic E-state index is 0.0743. The quantitative estimate of drug-likeness (QED) is 0.815. The average molecular weight is 260 g/mol. The molecule has 1 heterocycles. The first-order valence-electron chi connectivity index (χ1n) is 4.93. The molecule has 3 nitrogen and oxygen atoms in total. The number of benzene rings is 1. The Morgan fingerprint density at radius 3 is 2.50 bits per heavy atom. The van der Waals surface area contributed by atoms with E-state index in [0.29, 0.717) is 11.8 Å². The zero-order chi connectivity index (χ0) is 13.3. The topological polar surface area (TPSA) is 48.9 Å². The molecule has 0 spiro atoms. The van der Waals surface area contributed by atoms with Crippen molar-refractivity contribution in [3.63, 3.8) is 0 Å². The Bertz CT molecular complexity index is 562. The Morgan fingerprint density at radius 2 is 2.00 bits per heavy atom. The van der Waals surface area contributed by atoms with E-state index in [4.69, 9.17) is 5.11 Å². The highest BCUT2D eigenvalue weighted by Crippen LogP contribution is 2.32. The third-order valence-corrected chi connectivity index (χ3v) is 2.35. The lowest BCUT2D eigenvalue weighted by Crippen LogP contribution is -2.05. The highest BCUT2D eigenvalue weighted by Gasteiger charge is 2.31. The van der Waals surface area contributed by atoms with Gasteiger partial charge in [-0.1, -0.05) is 0 Å². The molecular weight excluding hydrogens is 252 g/mol. The van der Waals surface area contributed by atoms with Gasteiger partial charge in [-0.15, -0.1) is 0 Å². The Balaban J connectivity index is 2.41. The average Bonchev–Trinajstić information content (AvgIpc) is 2.76. The molecule has 0 fully saturated rings. The minimum atomic E-state index is -4.58. The second-order valence-electron chi connectivity index (χ2n) is 3.61. The molecule has 96 valence electrons. The summed E-state index contributed by atoms with van der Waals surface area (Å²) >= 11 is 0. The molecule has 0 amide bonds. The summed E-state index contributed by atoms with van der Waals surface area (Å²) in [4.78, 5) is 6.37. The number of nitrogens with zero attached hydrogens (tertiary/aromatic N) is 1. The van der Waals surface area contributed by atoms with Crippen LogP contribution in [0.15, 0.2) is 24.4 Å². The van der Waals surface area contributed by atoms with Gasteiger partial charge in [0.15, 0.2) is 0 Å². The second-order valence-corrected chi connectivity index (χ2v) is 3.61. The van der Waals surface area contributed by atoms with Crippen LogP contribution in [0.4, 0.5) is 17.6 Å². The number of imidazole rings is 1. The normalized spacial score (nSPS) is 11.8. The molecule has 0 radical (unpaired) electrons. The molecule has 0 saturated heterocycles. The molecule has 0 bridgehead atoms. The van der Waals surface area contributed by atoms with E-state index in [1.165, 1.54) is 6.20 Å². The van der Waals surface area contributed by atoms with Gasteiger partial charge in [0.25, 0.3) is 0 Å². The molecule has 2 rings (SSSR count). The third-order valence-electron chi connectivity index (χ3n) is 2.35. The van der Waals surface area contributed by atoms with Gasteiger partial charge in [0.2, 0.25) is 0 Å². The number of H-pyrrole nitrogens is 1. The first-order chi connectivity index (χ1) is 8.41. The summed E-state index contributed by atoms with van der Waals surface area (Å²) in [6.07, 6.45) is -3.30. The maximum Gasteiger partial charge on any atom is 0.416 e. The van der Waals surface area contributed by atoms with Crippen molar-refractivity contribution in [1.29, 1.82) is 0 Å². The van der Waals surface area contributed by atoms with Crippen molar-refractivity contribution in [2.75, 3.05) is 0 Å². The second kappa shape index (κ2) is 4.41. The molecule has 1 aromatic heterocycles. The number of halogens is 4. The Kier molecular flexibility index (Phi) is 3.08. The van der Waals surface area contributed by atoms with E-state index in [-0.39, 0.29) is 18.0 Å². The molecule has 7 heteroatoms. The summed E-state index contributed by atoms with van der Waals surface area (Å²) in [6, 6.07) is 2.19. The summed E-state index contributed by atoms with van der Waals surface area (Å²) < 4.78 is 50.6. The summed E-state index contributed by atoms with van der Waals surface area (Å²) in [5.74, 6) is -0.950. The van der Waals surface area contributed by atoms with Gasteiger partial charge in [0.05, 0.1) is 29.6 Å². The van der Waals surface area contributed by atoms with E-state index >= 15 is 0 Å². The van der Waals surface area contributed by atoms with Crippen LogP contribution < -0.4 is 0 Å². The summed E-state index contributed by atoms with van der Waals surface area (Å²) in [6.45, 7) is -0.310.